The minimum absolute atomic E-state index is 0.0799. The van der Waals surface area contributed by atoms with Crippen LogP contribution in [0.5, 0.6) is 0 Å². The molecule has 2 rings (SSSR count). The van der Waals surface area contributed by atoms with Gasteiger partial charge in [0.25, 0.3) is 5.91 Å². The van der Waals surface area contributed by atoms with Crippen molar-refractivity contribution < 1.29 is 23.8 Å². The van der Waals surface area contributed by atoms with Crippen molar-refractivity contribution in [3.8, 4) is 0 Å². The number of carbonyl (C=O) groups excluding carboxylic acids is 1. The van der Waals surface area contributed by atoms with E-state index in [1.165, 1.54) is 0 Å². The van der Waals surface area contributed by atoms with Crippen LogP contribution >= 0.6 is 0 Å². The van der Waals surface area contributed by atoms with E-state index < -0.39 is 23.5 Å². The quantitative estimate of drug-likeness (QED) is 0.750. The molecule has 116 valence electrons. The fraction of sp³-hybridized carbons (Fsp3) is 0.533. The highest BCUT2D eigenvalue weighted by Crippen LogP contribution is 2.44. The molecule has 0 saturated heterocycles. The van der Waals surface area contributed by atoms with Gasteiger partial charge in [-0.3, -0.25) is 4.79 Å². The molecule has 0 bridgehead atoms. The molecule has 0 aliphatic heterocycles. The SMILES string of the molecule is O=C(NC(CCO)c1ccccc1)C(F)(F)C1(O)CCC1. The number of nitrogens with one attached hydrogen (secondary N) is 1. The first kappa shape index (κ1) is 15.9. The Hall–Kier alpha value is -1.53. The van der Waals surface area contributed by atoms with Gasteiger partial charge in [-0.1, -0.05) is 30.3 Å². The molecular formula is C15H19F2NO3. The largest absolute Gasteiger partial charge is 0.396 e. The van der Waals surface area contributed by atoms with Crippen LogP contribution in [0, 0.1) is 0 Å². The van der Waals surface area contributed by atoms with Crippen molar-refractivity contribution in [1.82, 2.24) is 5.32 Å². The van der Waals surface area contributed by atoms with E-state index in [0.29, 0.717) is 12.0 Å². The van der Waals surface area contributed by atoms with E-state index in [1.807, 2.05) is 0 Å². The van der Waals surface area contributed by atoms with Crippen LogP contribution in [0.1, 0.15) is 37.3 Å². The number of halogens is 2. The summed E-state index contributed by atoms with van der Waals surface area (Å²) in [6.07, 6.45) is 0.454. The molecular weight excluding hydrogens is 280 g/mol. The van der Waals surface area contributed by atoms with Crippen molar-refractivity contribution in [1.29, 1.82) is 0 Å². The van der Waals surface area contributed by atoms with Gasteiger partial charge in [0, 0.05) is 6.61 Å². The molecule has 1 aliphatic rings. The lowest BCUT2D eigenvalue weighted by molar-refractivity contribution is -0.216. The molecule has 1 saturated carbocycles. The van der Waals surface area contributed by atoms with E-state index >= 15 is 0 Å². The van der Waals surface area contributed by atoms with Gasteiger partial charge in [0.2, 0.25) is 0 Å². The molecule has 6 heteroatoms. The average molecular weight is 299 g/mol. The van der Waals surface area contributed by atoms with Crippen LogP contribution < -0.4 is 5.32 Å². The van der Waals surface area contributed by atoms with E-state index in [2.05, 4.69) is 5.32 Å². The van der Waals surface area contributed by atoms with Crippen molar-refractivity contribution in [3.63, 3.8) is 0 Å². The number of aliphatic hydroxyl groups excluding tert-OH is 1. The summed E-state index contributed by atoms with van der Waals surface area (Å²) in [6, 6.07) is 7.89. The van der Waals surface area contributed by atoms with Gasteiger partial charge in [0.15, 0.2) is 0 Å². The second-order valence-electron chi connectivity index (χ2n) is 5.41. The Balaban J connectivity index is 2.11. The zero-order valence-corrected chi connectivity index (χ0v) is 11.6. The topological polar surface area (TPSA) is 69.6 Å². The molecule has 3 N–H and O–H groups in total. The highest BCUT2D eigenvalue weighted by Gasteiger charge is 2.61. The predicted octanol–water partition coefficient (Wildman–Crippen LogP) is 1.78. The molecule has 1 atom stereocenters. The lowest BCUT2D eigenvalue weighted by atomic mass is 9.75. The normalized spacial score (nSPS) is 18.7. The van der Waals surface area contributed by atoms with Crippen LogP contribution in [0.15, 0.2) is 30.3 Å². The van der Waals surface area contributed by atoms with E-state index in [0.717, 1.165) is 0 Å². The van der Waals surface area contributed by atoms with E-state index in [1.54, 1.807) is 30.3 Å². The highest BCUT2D eigenvalue weighted by atomic mass is 19.3. The summed E-state index contributed by atoms with van der Waals surface area (Å²) in [6.45, 7) is -0.240. The van der Waals surface area contributed by atoms with Gasteiger partial charge in [-0.25, -0.2) is 0 Å². The van der Waals surface area contributed by atoms with Gasteiger partial charge in [0.1, 0.15) is 5.60 Å². The molecule has 0 heterocycles. The Kier molecular flexibility index (Phi) is 4.58. The fourth-order valence-electron chi connectivity index (χ4n) is 2.42. The fourth-order valence-corrected chi connectivity index (χ4v) is 2.42. The summed E-state index contributed by atoms with van der Waals surface area (Å²) >= 11 is 0. The van der Waals surface area contributed by atoms with Crippen molar-refractivity contribution in [2.24, 2.45) is 0 Å². The van der Waals surface area contributed by atoms with Crippen LogP contribution in [0.25, 0.3) is 0 Å². The van der Waals surface area contributed by atoms with Crippen molar-refractivity contribution in [2.75, 3.05) is 6.61 Å². The summed E-state index contributed by atoms with van der Waals surface area (Å²) in [5.74, 6) is -5.32. The van der Waals surface area contributed by atoms with Gasteiger partial charge in [-0.05, 0) is 31.2 Å². The van der Waals surface area contributed by atoms with E-state index in [9.17, 15) is 18.7 Å². The molecule has 1 aromatic carbocycles. The summed E-state index contributed by atoms with van der Waals surface area (Å²) < 4.78 is 28.1. The molecule has 0 aromatic heterocycles. The molecule has 0 radical (unpaired) electrons. The number of aliphatic hydroxyl groups is 2. The van der Waals surface area contributed by atoms with Crippen LogP contribution in [0.4, 0.5) is 8.78 Å². The minimum Gasteiger partial charge on any atom is -0.396 e. The number of hydrogen-bond donors (Lipinski definition) is 3. The van der Waals surface area contributed by atoms with Gasteiger partial charge in [0.05, 0.1) is 6.04 Å². The minimum atomic E-state index is -3.83. The highest BCUT2D eigenvalue weighted by molar-refractivity contribution is 5.85. The van der Waals surface area contributed by atoms with Gasteiger partial charge >= 0.3 is 5.92 Å². The second-order valence-corrected chi connectivity index (χ2v) is 5.41. The third kappa shape index (κ3) is 3.06. The zero-order valence-electron chi connectivity index (χ0n) is 11.6. The lowest BCUT2D eigenvalue weighted by Gasteiger charge is -2.41. The third-order valence-corrected chi connectivity index (χ3v) is 3.98. The Labute approximate surface area is 121 Å². The zero-order chi connectivity index (χ0) is 15.5. The Morgan fingerprint density at radius 3 is 2.43 bits per heavy atom. The maximum atomic E-state index is 14.0. The number of alkyl halides is 2. The number of benzene rings is 1. The van der Waals surface area contributed by atoms with Crippen molar-refractivity contribution >= 4 is 5.91 Å². The first-order valence-corrected chi connectivity index (χ1v) is 6.98. The standard InChI is InChI=1S/C15H19F2NO3/c16-15(17,14(21)8-4-9-14)13(20)18-12(7-10-19)11-5-2-1-3-6-11/h1-3,5-6,12,19,21H,4,7-10H2,(H,18,20). The molecule has 1 amide bonds. The number of hydrogen-bond acceptors (Lipinski definition) is 3. The predicted molar refractivity (Wildman–Crippen MR) is 72.8 cm³/mol. The maximum absolute atomic E-state index is 14.0. The average Bonchev–Trinajstić information content (AvgIpc) is 2.44. The van der Waals surface area contributed by atoms with Crippen molar-refractivity contribution in [3.05, 3.63) is 35.9 Å². The molecule has 1 aliphatic carbocycles. The first-order valence-electron chi connectivity index (χ1n) is 6.98. The summed E-state index contributed by atoms with van der Waals surface area (Å²) in [7, 11) is 0. The molecule has 1 unspecified atom stereocenters. The molecule has 4 nitrogen and oxygen atoms in total. The maximum Gasteiger partial charge on any atom is 0.352 e. The monoisotopic (exact) mass is 299 g/mol. The van der Waals surface area contributed by atoms with E-state index in [4.69, 9.17) is 5.11 Å². The number of rotatable bonds is 6. The Bertz CT molecular complexity index is 489. The van der Waals surface area contributed by atoms with Crippen molar-refractivity contribution in [2.45, 2.75) is 43.2 Å². The first-order chi connectivity index (χ1) is 9.90. The third-order valence-electron chi connectivity index (χ3n) is 3.98. The van der Waals surface area contributed by atoms with Gasteiger partial charge < -0.3 is 15.5 Å². The molecule has 21 heavy (non-hydrogen) atoms. The van der Waals surface area contributed by atoms with Crippen LogP contribution in [-0.2, 0) is 4.79 Å². The lowest BCUT2D eigenvalue weighted by Crippen LogP contribution is -2.61. The summed E-state index contributed by atoms with van der Waals surface area (Å²) in [5, 5.41) is 21.0. The number of carbonyl (C=O) groups is 1. The number of amides is 1. The van der Waals surface area contributed by atoms with Crippen LogP contribution in [-0.4, -0.2) is 34.3 Å². The summed E-state index contributed by atoms with van der Waals surface area (Å²) in [5.41, 5.74) is -1.60. The van der Waals surface area contributed by atoms with E-state index in [-0.39, 0.29) is 25.9 Å². The van der Waals surface area contributed by atoms with Crippen LogP contribution in [0.3, 0.4) is 0 Å². The Morgan fingerprint density at radius 2 is 1.95 bits per heavy atom. The van der Waals surface area contributed by atoms with Gasteiger partial charge in [-0.2, -0.15) is 8.78 Å². The van der Waals surface area contributed by atoms with Crippen LogP contribution in [0.2, 0.25) is 0 Å². The Morgan fingerprint density at radius 1 is 1.33 bits per heavy atom. The second kappa shape index (κ2) is 6.07. The molecule has 1 fully saturated rings. The molecule has 0 spiro atoms. The van der Waals surface area contributed by atoms with Gasteiger partial charge in [-0.15, -0.1) is 0 Å². The summed E-state index contributed by atoms with van der Waals surface area (Å²) in [4.78, 5) is 11.9. The molecule has 1 aromatic rings. The smallest absolute Gasteiger partial charge is 0.352 e.